The minimum absolute atomic E-state index is 0.000332. The Hall–Kier alpha value is -0.910. The number of hydrogen-bond donors (Lipinski definition) is 2. The highest BCUT2D eigenvalue weighted by molar-refractivity contribution is 7.89. The molecule has 5 heteroatoms. The maximum Gasteiger partial charge on any atom is 0.240 e. The van der Waals surface area contributed by atoms with Gasteiger partial charge in [0.25, 0.3) is 0 Å². The van der Waals surface area contributed by atoms with Crippen molar-refractivity contribution in [3.63, 3.8) is 0 Å². The lowest BCUT2D eigenvalue weighted by atomic mass is 10.1. The van der Waals surface area contributed by atoms with Crippen LogP contribution in [0.2, 0.25) is 0 Å². The number of hydrogen-bond acceptors (Lipinski definition) is 3. The fourth-order valence-electron chi connectivity index (χ4n) is 2.10. The highest BCUT2D eigenvalue weighted by atomic mass is 32.2. The molecule has 0 saturated carbocycles. The topological polar surface area (TPSA) is 58.2 Å². The summed E-state index contributed by atoms with van der Waals surface area (Å²) in [5, 5.41) is 3.31. The van der Waals surface area contributed by atoms with E-state index in [2.05, 4.69) is 23.9 Å². The average Bonchev–Trinajstić information content (AvgIpc) is 2.45. The van der Waals surface area contributed by atoms with Crippen LogP contribution in [-0.2, 0) is 10.0 Å². The molecule has 0 radical (unpaired) electrons. The van der Waals surface area contributed by atoms with E-state index < -0.39 is 10.0 Å². The molecular formula is C15H26N2O2S. The Morgan fingerprint density at radius 1 is 1.05 bits per heavy atom. The van der Waals surface area contributed by atoms with Gasteiger partial charge < -0.3 is 5.32 Å². The summed E-state index contributed by atoms with van der Waals surface area (Å²) in [6.45, 7) is 8.97. The molecule has 0 saturated heterocycles. The summed E-state index contributed by atoms with van der Waals surface area (Å²) in [5.74, 6) is 0. The van der Waals surface area contributed by atoms with Crippen LogP contribution in [0.15, 0.2) is 29.2 Å². The summed E-state index contributed by atoms with van der Waals surface area (Å²) in [7, 11) is -3.41. The van der Waals surface area contributed by atoms with E-state index in [0.717, 1.165) is 24.9 Å². The summed E-state index contributed by atoms with van der Waals surface area (Å²) in [6.07, 6.45) is 1.59. The number of rotatable bonds is 8. The molecule has 1 unspecified atom stereocenters. The van der Waals surface area contributed by atoms with Crippen molar-refractivity contribution in [1.82, 2.24) is 10.0 Å². The summed E-state index contributed by atoms with van der Waals surface area (Å²) in [6, 6.07) is 7.31. The molecule has 0 aliphatic rings. The molecular weight excluding hydrogens is 272 g/mol. The van der Waals surface area contributed by atoms with Gasteiger partial charge in [0.2, 0.25) is 10.0 Å². The average molecular weight is 298 g/mol. The van der Waals surface area contributed by atoms with E-state index in [1.54, 1.807) is 12.1 Å². The smallest absolute Gasteiger partial charge is 0.240 e. The lowest BCUT2D eigenvalue weighted by Gasteiger charge is -2.16. The summed E-state index contributed by atoms with van der Waals surface area (Å²) in [5.41, 5.74) is 1.09. The van der Waals surface area contributed by atoms with Gasteiger partial charge in [-0.25, -0.2) is 13.1 Å². The van der Waals surface area contributed by atoms with Crippen LogP contribution in [0.25, 0.3) is 0 Å². The monoisotopic (exact) mass is 298 g/mol. The van der Waals surface area contributed by atoms with E-state index in [9.17, 15) is 8.42 Å². The summed E-state index contributed by atoms with van der Waals surface area (Å²) >= 11 is 0. The summed E-state index contributed by atoms with van der Waals surface area (Å²) in [4.78, 5) is 0.330. The van der Waals surface area contributed by atoms with Crippen molar-refractivity contribution in [3.05, 3.63) is 29.8 Å². The van der Waals surface area contributed by atoms with Crippen LogP contribution in [0.5, 0.6) is 0 Å². The second-order valence-corrected chi connectivity index (χ2v) is 6.70. The van der Waals surface area contributed by atoms with E-state index in [0.29, 0.717) is 4.90 Å². The van der Waals surface area contributed by atoms with Crippen molar-refractivity contribution in [2.45, 2.75) is 57.5 Å². The van der Waals surface area contributed by atoms with Crippen LogP contribution >= 0.6 is 0 Å². The maximum absolute atomic E-state index is 12.2. The van der Waals surface area contributed by atoms with Crippen LogP contribution in [0.1, 0.15) is 52.1 Å². The number of sulfonamides is 1. The van der Waals surface area contributed by atoms with Gasteiger partial charge in [-0.3, -0.25) is 0 Å². The molecule has 0 aliphatic carbocycles. The highest BCUT2D eigenvalue weighted by Gasteiger charge is 2.18. The van der Waals surface area contributed by atoms with Gasteiger partial charge in [-0.2, -0.15) is 0 Å². The second-order valence-electron chi connectivity index (χ2n) is 4.98. The molecule has 0 spiro atoms. The van der Waals surface area contributed by atoms with E-state index in [4.69, 9.17) is 0 Å². The Morgan fingerprint density at radius 3 is 2.05 bits per heavy atom. The molecule has 0 fully saturated rings. The molecule has 1 aromatic carbocycles. The zero-order valence-corrected chi connectivity index (χ0v) is 13.6. The molecule has 0 aliphatic heterocycles. The molecule has 0 bridgehead atoms. The SMILES string of the molecule is CCNC(C)c1ccc(S(=O)(=O)NC(CC)CC)cc1. The van der Waals surface area contributed by atoms with Crippen LogP contribution < -0.4 is 10.0 Å². The van der Waals surface area contributed by atoms with Crippen molar-refractivity contribution in [3.8, 4) is 0 Å². The predicted molar refractivity (Wildman–Crippen MR) is 83.2 cm³/mol. The lowest BCUT2D eigenvalue weighted by Crippen LogP contribution is -2.33. The fraction of sp³-hybridized carbons (Fsp3) is 0.600. The molecule has 2 N–H and O–H groups in total. The fourth-order valence-corrected chi connectivity index (χ4v) is 3.51. The Morgan fingerprint density at radius 2 is 1.60 bits per heavy atom. The third kappa shape index (κ3) is 4.58. The van der Waals surface area contributed by atoms with E-state index in [-0.39, 0.29) is 12.1 Å². The molecule has 1 atom stereocenters. The Bertz CT molecular complexity index is 493. The van der Waals surface area contributed by atoms with Crippen molar-refractivity contribution in [2.75, 3.05) is 6.54 Å². The molecule has 0 aromatic heterocycles. The molecule has 4 nitrogen and oxygen atoms in total. The van der Waals surface area contributed by atoms with Crippen molar-refractivity contribution < 1.29 is 8.42 Å². The lowest BCUT2D eigenvalue weighted by molar-refractivity contribution is 0.530. The van der Waals surface area contributed by atoms with Gasteiger partial charge in [-0.15, -0.1) is 0 Å². The first-order valence-electron chi connectivity index (χ1n) is 7.30. The molecule has 1 rings (SSSR count). The zero-order chi connectivity index (χ0) is 15.2. The van der Waals surface area contributed by atoms with Crippen LogP contribution in [0.4, 0.5) is 0 Å². The van der Waals surface area contributed by atoms with Crippen LogP contribution in [-0.4, -0.2) is 21.0 Å². The van der Waals surface area contributed by atoms with Crippen molar-refractivity contribution >= 4 is 10.0 Å². The van der Waals surface area contributed by atoms with Crippen molar-refractivity contribution in [2.24, 2.45) is 0 Å². The Balaban J connectivity index is 2.86. The molecule has 0 amide bonds. The van der Waals surface area contributed by atoms with E-state index in [1.165, 1.54) is 0 Å². The zero-order valence-electron chi connectivity index (χ0n) is 12.8. The molecule has 0 heterocycles. The third-order valence-electron chi connectivity index (χ3n) is 3.51. The Kier molecular flexibility index (Phi) is 6.65. The standard InChI is InChI=1S/C15H26N2O2S/c1-5-14(6-2)17-20(18,19)15-10-8-13(9-11-15)12(4)16-7-3/h8-12,14,16-17H,5-7H2,1-4H3. The van der Waals surface area contributed by atoms with E-state index >= 15 is 0 Å². The van der Waals surface area contributed by atoms with Gasteiger partial charge in [0.1, 0.15) is 0 Å². The number of nitrogens with one attached hydrogen (secondary N) is 2. The number of benzene rings is 1. The van der Waals surface area contributed by atoms with Crippen LogP contribution in [0.3, 0.4) is 0 Å². The van der Waals surface area contributed by atoms with Gasteiger partial charge in [0, 0.05) is 12.1 Å². The second kappa shape index (κ2) is 7.76. The van der Waals surface area contributed by atoms with Gasteiger partial charge in [0.15, 0.2) is 0 Å². The summed E-state index contributed by atoms with van der Waals surface area (Å²) < 4.78 is 27.2. The minimum Gasteiger partial charge on any atom is -0.310 e. The Labute approximate surface area is 123 Å². The molecule has 20 heavy (non-hydrogen) atoms. The first kappa shape index (κ1) is 17.1. The quantitative estimate of drug-likeness (QED) is 0.776. The molecule has 1 aromatic rings. The van der Waals surface area contributed by atoms with Gasteiger partial charge in [-0.05, 0) is 44.0 Å². The van der Waals surface area contributed by atoms with Crippen molar-refractivity contribution in [1.29, 1.82) is 0 Å². The predicted octanol–water partition coefficient (Wildman–Crippen LogP) is 2.82. The minimum atomic E-state index is -3.41. The van der Waals surface area contributed by atoms with Gasteiger partial charge in [-0.1, -0.05) is 32.9 Å². The highest BCUT2D eigenvalue weighted by Crippen LogP contribution is 2.17. The first-order chi connectivity index (χ1) is 9.44. The first-order valence-corrected chi connectivity index (χ1v) is 8.78. The largest absolute Gasteiger partial charge is 0.310 e. The molecule has 114 valence electrons. The van der Waals surface area contributed by atoms with Gasteiger partial charge >= 0.3 is 0 Å². The maximum atomic E-state index is 12.2. The van der Waals surface area contributed by atoms with E-state index in [1.807, 2.05) is 26.0 Å². The van der Waals surface area contributed by atoms with Gasteiger partial charge in [0.05, 0.1) is 4.90 Å². The third-order valence-corrected chi connectivity index (χ3v) is 5.04. The van der Waals surface area contributed by atoms with Crippen LogP contribution in [0, 0.1) is 0 Å². The normalized spacial score (nSPS) is 13.7.